The van der Waals surface area contributed by atoms with Crippen molar-refractivity contribution in [1.82, 2.24) is 14.8 Å². The summed E-state index contributed by atoms with van der Waals surface area (Å²) in [6.07, 6.45) is 11.2. The first-order chi connectivity index (χ1) is 27.6. The van der Waals surface area contributed by atoms with Gasteiger partial charge >= 0.3 is 11.9 Å². The molecule has 0 bridgehead atoms. The fourth-order valence-corrected chi connectivity index (χ4v) is 15.3. The average Bonchev–Trinajstić information content (AvgIpc) is 3.87. The maximum Gasteiger partial charge on any atom is 0.309 e. The van der Waals surface area contributed by atoms with Crippen molar-refractivity contribution in [3.8, 4) is 11.4 Å². The topological polar surface area (TPSA) is 137 Å². The van der Waals surface area contributed by atoms with Crippen LogP contribution in [-0.4, -0.2) is 50.2 Å². The summed E-state index contributed by atoms with van der Waals surface area (Å²) in [6.45, 7) is 21.0. The molecule has 3 N–H and O–H groups in total. The lowest BCUT2D eigenvalue weighted by Crippen LogP contribution is -2.69. The number of allylic oxidation sites excluding steroid dienone is 2. The number of aliphatic carboxylic acids is 1. The van der Waals surface area contributed by atoms with Crippen molar-refractivity contribution in [2.24, 2.45) is 67.3 Å². The van der Waals surface area contributed by atoms with Gasteiger partial charge in [-0.2, -0.15) is 0 Å². The van der Waals surface area contributed by atoms with Crippen molar-refractivity contribution in [3.05, 3.63) is 47.1 Å². The van der Waals surface area contributed by atoms with Crippen LogP contribution in [0.3, 0.4) is 0 Å². The van der Waals surface area contributed by atoms with E-state index in [4.69, 9.17) is 20.7 Å². The molecule has 8 unspecified atom stereocenters. The highest BCUT2D eigenvalue weighted by Gasteiger charge is 2.77. The Morgan fingerprint density at radius 3 is 2.25 bits per heavy atom. The molecule has 5 saturated carbocycles. The fraction of sp³-hybridized carbons (Fsp3) is 0.735. The van der Waals surface area contributed by atoms with Crippen molar-refractivity contribution < 1.29 is 28.6 Å². The summed E-state index contributed by atoms with van der Waals surface area (Å²) in [5.41, 5.74) is 7.76. The van der Waals surface area contributed by atoms with E-state index in [2.05, 4.69) is 53.0 Å². The van der Waals surface area contributed by atoms with Gasteiger partial charge in [0.1, 0.15) is 17.7 Å². The Kier molecular flexibility index (Phi) is 10.1. The number of nitrogens with two attached hydrogens (primary N) is 1. The number of carboxylic acids is 1. The highest BCUT2D eigenvalue weighted by molar-refractivity contribution is 6.01. The van der Waals surface area contributed by atoms with Crippen molar-refractivity contribution >= 4 is 17.7 Å². The molecule has 1 aromatic heterocycles. The van der Waals surface area contributed by atoms with E-state index in [1.807, 2.05) is 0 Å². The molecule has 0 spiro atoms. The highest BCUT2D eigenvalue weighted by Crippen LogP contribution is 2.83. The molecule has 1 heterocycles. The van der Waals surface area contributed by atoms with E-state index in [1.54, 1.807) is 26.0 Å². The molecule has 8 atom stereocenters. The van der Waals surface area contributed by atoms with E-state index < -0.39 is 17.4 Å². The van der Waals surface area contributed by atoms with Crippen LogP contribution in [0.5, 0.6) is 0 Å². The number of hydrogen-bond acceptors (Lipinski definition) is 7. The lowest BCUT2D eigenvalue weighted by Gasteiger charge is -2.75. The maximum absolute atomic E-state index is 14.7. The number of halogens is 1. The highest BCUT2D eigenvalue weighted by atomic mass is 19.1. The molecule has 0 amide bonds. The smallest absolute Gasteiger partial charge is 0.309 e. The maximum atomic E-state index is 14.7. The second-order valence-corrected chi connectivity index (χ2v) is 22.3. The van der Waals surface area contributed by atoms with E-state index in [9.17, 15) is 23.9 Å². The summed E-state index contributed by atoms with van der Waals surface area (Å²) in [7, 11) is 0. The summed E-state index contributed by atoms with van der Waals surface area (Å²) in [6, 6.07) is 6.42. The first kappa shape index (κ1) is 42.3. The predicted molar refractivity (Wildman–Crippen MR) is 225 cm³/mol. The van der Waals surface area contributed by atoms with Crippen molar-refractivity contribution in [2.45, 2.75) is 158 Å². The first-order valence-electron chi connectivity index (χ1n) is 22.7. The molecule has 0 saturated heterocycles. The van der Waals surface area contributed by atoms with Crippen molar-refractivity contribution in [3.63, 3.8) is 0 Å². The van der Waals surface area contributed by atoms with Gasteiger partial charge in [-0.15, -0.1) is 10.2 Å². The van der Waals surface area contributed by atoms with Gasteiger partial charge in [0.25, 0.3) is 0 Å². The zero-order chi connectivity index (χ0) is 42.7. The summed E-state index contributed by atoms with van der Waals surface area (Å²) in [5.74, 6) is 1.65. The number of Topliss-reactive ketones (excluding diaryl/α,β-unsaturated/α-hetero) is 1. The zero-order valence-electron chi connectivity index (χ0n) is 37.2. The molecule has 0 radical (unpaired) electrons. The Labute approximate surface area is 350 Å². The van der Waals surface area contributed by atoms with E-state index in [1.165, 1.54) is 30.5 Å². The quantitative estimate of drug-likeness (QED) is 0.214. The van der Waals surface area contributed by atoms with Gasteiger partial charge in [-0.1, -0.05) is 48.5 Å². The summed E-state index contributed by atoms with van der Waals surface area (Å²) in [4.78, 5) is 39.8. The van der Waals surface area contributed by atoms with Crippen LogP contribution < -0.4 is 5.73 Å². The molecule has 59 heavy (non-hydrogen) atoms. The molecule has 0 aliphatic heterocycles. The third-order valence-electron chi connectivity index (χ3n) is 18.3. The number of hydrogen-bond donors (Lipinski definition) is 2. The third kappa shape index (κ3) is 6.08. The van der Waals surface area contributed by atoms with Crippen molar-refractivity contribution in [1.29, 1.82) is 0 Å². The number of fused-ring (bicyclic) bond motifs is 7. The average molecular weight is 813 g/mol. The summed E-state index contributed by atoms with van der Waals surface area (Å²) in [5, 5.41) is 19.2. The van der Waals surface area contributed by atoms with Gasteiger partial charge in [-0.05, 0) is 153 Å². The Balaban J connectivity index is 1.16. The van der Waals surface area contributed by atoms with Crippen LogP contribution in [0, 0.1) is 67.4 Å². The van der Waals surface area contributed by atoms with Gasteiger partial charge in [-0.25, -0.2) is 4.39 Å². The fourth-order valence-electron chi connectivity index (χ4n) is 15.3. The van der Waals surface area contributed by atoms with Crippen LogP contribution in [0.4, 0.5) is 4.39 Å². The number of rotatable bonds is 11. The molecule has 8 rings (SSSR count). The zero-order valence-corrected chi connectivity index (χ0v) is 37.2. The Morgan fingerprint density at radius 2 is 1.63 bits per heavy atom. The SMILES string of the molecule is CC(C)C1=C2C(Cc3nnc(-c4ccc(F)cc4)n3CCN)(CCC3(C)C4(C)CCC5C(C)(C)C(OC(=O)CC(C)(C)C(=O)O)CCC5(C)C4CCC23C2CC2)CC1=O. The monoisotopic (exact) mass is 813 g/mol. The normalized spacial score (nSPS) is 36.5. The second-order valence-electron chi connectivity index (χ2n) is 22.3. The molecule has 5 fully saturated rings. The number of carbonyl (C=O) groups excluding carboxylic acids is 2. The van der Waals surface area contributed by atoms with Gasteiger partial charge < -0.3 is 20.1 Å². The van der Waals surface area contributed by atoms with E-state index in [0.717, 1.165) is 68.3 Å². The number of ether oxygens (including phenoxy) is 1. The van der Waals surface area contributed by atoms with E-state index >= 15 is 0 Å². The molecular formula is C49H69FN4O5. The van der Waals surface area contributed by atoms with Crippen LogP contribution in [0.25, 0.3) is 11.4 Å². The van der Waals surface area contributed by atoms with Crippen LogP contribution >= 0.6 is 0 Å². The molecule has 6 aliphatic carbocycles. The summed E-state index contributed by atoms with van der Waals surface area (Å²) < 4.78 is 22.3. The number of nitrogens with zero attached hydrogens (tertiary/aromatic N) is 3. The first-order valence-corrected chi connectivity index (χ1v) is 22.7. The standard InChI is InChI=1S/C49H69FN4O5/c1-29(2)39-33(55)26-48(27-37-52-53-41(54(37)25-24-51)30-10-14-32(50)15-11-30)23-22-47(9)46(8)20-16-34-44(5,6)36(59-38(56)28-43(3,4)42(57)58)18-19-45(34,7)35(46)17-21-49(47,40(39)48)31-12-13-31/h10-11,14-15,29,31,34-36H,12-13,16-28,51H2,1-9H3,(H,57,58). The van der Waals surface area contributed by atoms with Gasteiger partial charge in [0.05, 0.1) is 11.8 Å². The number of benzene rings is 1. The molecule has 10 heteroatoms. The van der Waals surface area contributed by atoms with Gasteiger partial charge in [-0.3, -0.25) is 14.4 Å². The van der Waals surface area contributed by atoms with E-state index in [-0.39, 0.29) is 56.7 Å². The predicted octanol–water partition coefficient (Wildman–Crippen LogP) is 9.76. The van der Waals surface area contributed by atoms with Crippen LogP contribution in [-0.2, 0) is 32.1 Å². The molecule has 6 aliphatic rings. The Bertz CT molecular complexity index is 2070. The Morgan fingerprint density at radius 1 is 0.949 bits per heavy atom. The minimum absolute atomic E-state index is 0.0261. The van der Waals surface area contributed by atoms with Gasteiger partial charge in [0.2, 0.25) is 0 Å². The molecule has 9 nitrogen and oxygen atoms in total. The number of aromatic nitrogens is 3. The number of carbonyl (C=O) groups is 3. The minimum atomic E-state index is -1.18. The van der Waals surface area contributed by atoms with E-state index in [0.29, 0.717) is 55.3 Å². The van der Waals surface area contributed by atoms with Crippen LogP contribution in [0.15, 0.2) is 35.4 Å². The van der Waals surface area contributed by atoms with Crippen molar-refractivity contribution in [2.75, 3.05) is 6.54 Å². The largest absolute Gasteiger partial charge is 0.481 e. The molecule has 1 aromatic carbocycles. The lowest BCUT2D eigenvalue weighted by molar-refractivity contribution is -0.256. The molecule has 322 valence electrons. The lowest BCUT2D eigenvalue weighted by atomic mass is 9.29. The number of ketones is 1. The van der Waals surface area contributed by atoms with Crippen LogP contribution in [0.1, 0.15) is 145 Å². The Hall–Kier alpha value is -3.40. The second kappa shape index (κ2) is 14.1. The van der Waals surface area contributed by atoms with Gasteiger partial charge in [0, 0.05) is 47.7 Å². The third-order valence-corrected chi connectivity index (χ3v) is 18.3. The summed E-state index contributed by atoms with van der Waals surface area (Å²) >= 11 is 0. The molecule has 2 aromatic rings. The van der Waals surface area contributed by atoms with Crippen LogP contribution in [0.2, 0.25) is 0 Å². The number of esters is 1. The molecular weight excluding hydrogens is 744 g/mol. The minimum Gasteiger partial charge on any atom is -0.481 e. The number of carboxylic acid groups (broad SMARTS) is 1. The van der Waals surface area contributed by atoms with Gasteiger partial charge in [0.15, 0.2) is 11.6 Å².